The maximum absolute atomic E-state index is 12.9. The number of ether oxygens (including phenoxy) is 1. The monoisotopic (exact) mass is 560 g/mol. The minimum Gasteiger partial charge on any atom is -0.493 e. The molecule has 0 atom stereocenters. The average molecular weight is 561 g/mol. The molecule has 3 aromatic rings. The van der Waals surface area contributed by atoms with E-state index in [0.29, 0.717) is 21.8 Å². The molecule has 0 aliphatic carbocycles. The van der Waals surface area contributed by atoms with Gasteiger partial charge in [0.1, 0.15) is 4.90 Å². The summed E-state index contributed by atoms with van der Waals surface area (Å²) in [7, 11) is -3.13. The van der Waals surface area contributed by atoms with Gasteiger partial charge in [-0.3, -0.25) is 19.7 Å². The fourth-order valence-electron chi connectivity index (χ4n) is 3.38. The molecule has 1 saturated heterocycles. The molecule has 37 heavy (non-hydrogen) atoms. The van der Waals surface area contributed by atoms with Crippen LogP contribution in [-0.4, -0.2) is 31.6 Å². The highest BCUT2D eigenvalue weighted by Crippen LogP contribution is 2.38. The molecule has 3 aromatic carbocycles. The van der Waals surface area contributed by atoms with Crippen molar-refractivity contribution < 1.29 is 31.9 Å². The van der Waals surface area contributed by atoms with Crippen molar-refractivity contribution in [2.75, 3.05) is 12.0 Å². The first-order chi connectivity index (χ1) is 17.5. The molecule has 0 radical (unpaired) electrons. The second-order valence-corrected chi connectivity index (χ2v) is 10.6. The topological polar surface area (TPSA) is 133 Å². The smallest absolute Gasteiger partial charge is 0.339 e. The molecule has 1 heterocycles. The molecular formula is C24H17ClN2O8S2. The fraction of sp³-hybridized carbons (Fsp3) is 0.0833. The molecule has 4 rings (SSSR count). The van der Waals surface area contributed by atoms with Crippen molar-refractivity contribution in [1.82, 2.24) is 0 Å². The molecule has 0 bridgehead atoms. The number of nitrogens with zero attached hydrogens (tertiary/aromatic N) is 2. The van der Waals surface area contributed by atoms with Gasteiger partial charge in [-0.25, -0.2) is 4.90 Å². The Morgan fingerprint density at radius 1 is 1.03 bits per heavy atom. The first-order valence-electron chi connectivity index (χ1n) is 10.4. The Balaban J connectivity index is 1.60. The number of rotatable bonds is 7. The van der Waals surface area contributed by atoms with Crippen molar-refractivity contribution in [3.05, 3.63) is 91.8 Å². The first-order valence-corrected chi connectivity index (χ1v) is 13.0. The molecule has 190 valence electrons. The zero-order valence-electron chi connectivity index (χ0n) is 19.2. The van der Waals surface area contributed by atoms with Crippen LogP contribution < -0.4 is 13.8 Å². The van der Waals surface area contributed by atoms with Crippen molar-refractivity contribution in [3.63, 3.8) is 0 Å². The number of anilines is 1. The lowest BCUT2D eigenvalue weighted by atomic mass is 10.2. The molecule has 0 aromatic heterocycles. The Morgan fingerprint density at radius 2 is 1.73 bits per heavy atom. The zero-order chi connectivity index (χ0) is 26.9. The number of benzene rings is 3. The van der Waals surface area contributed by atoms with Gasteiger partial charge in [0.15, 0.2) is 11.5 Å². The summed E-state index contributed by atoms with van der Waals surface area (Å²) in [4.78, 5) is 36.6. The Morgan fingerprint density at radius 3 is 2.38 bits per heavy atom. The molecule has 0 N–H and O–H groups in total. The van der Waals surface area contributed by atoms with E-state index >= 15 is 0 Å². The third kappa shape index (κ3) is 5.45. The summed E-state index contributed by atoms with van der Waals surface area (Å²) >= 11 is 6.63. The predicted molar refractivity (Wildman–Crippen MR) is 139 cm³/mol. The van der Waals surface area contributed by atoms with Crippen molar-refractivity contribution in [1.29, 1.82) is 0 Å². The van der Waals surface area contributed by atoms with E-state index in [1.165, 1.54) is 50.4 Å². The molecule has 0 saturated carbocycles. The van der Waals surface area contributed by atoms with Crippen LogP contribution in [0, 0.1) is 17.0 Å². The number of carbonyl (C=O) groups excluding carboxylic acids is 2. The summed E-state index contributed by atoms with van der Waals surface area (Å²) in [6.07, 6.45) is 1.46. The van der Waals surface area contributed by atoms with Gasteiger partial charge in [-0.1, -0.05) is 23.7 Å². The van der Waals surface area contributed by atoms with Crippen LogP contribution in [0.5, 0.6) is 11.5 Å². The molecule has 0 spiro atoms. The number of nitro groups is 1. The van der Waals surface area contributed by atoms with E-state index < -0.39 is 31.1 Å². The highest BCUT2D eigenvalue weighted by atomic mass is 35.5. The highest BCUT2D eigenvalue weighted by Gasteiger charge is 2.36. The number of nitro benzene ring substituents is 1. The molecule has 1 aliphatic heterocycles. The SMILES string of the molecule is COc1cc(/C=C2/SC(=O)N(c3ccc(Cl)cc3)C2=O)ccc1OS(=O)(=O)c1ccc(C)c([N+](=O)[O-])c1. The number of methoxy groups -OCH3 is 1. The van der Waals surface area contributed by atoms with Crippen molar-refractivity contribution >= 4 is 62.1 Å². The van der Waals surface area contributed by atoms with Crippen LogP contribution in [0.3, 0.4) is 0 Å². The second kappa shape index (κ2) is 10.2. The normalized spacial score (nSPS) is 14.8. The Hall–Kier alpha value is -3.87. The van der Waals surface area contributed by atoms with E-state index in [1.54, 1.807) is 24.3 Å². The Kier molecular flexibility index (Phi) is 7.25. The summed E-state index contributed by atoms with van der Waals surface area (Å²) in [5.41, 5.74) is 0.748. The van der Waals surface area contributed by atoms with E-state index in [2.05, 4.69) is 0 Å². The number of hydrogen-bond donors (Lipinski definition) is 0. The Labute approximate surface area is 220 Å². The maximum atomic E-state index is 12.9. The van der Waals surface area contributed by atoms with Gasteiger partial charge >= 0.3 is 10.1 Å². The quantitative estimate of drug-likeness (QED) is 0.157. The van der Waals surface area contributed by atoms with Gasteiger partial charge in [-0.05, 0) is 72.8 Å². The van der Waals surface area contributed by atoms with Crippen molar-refractivity contribution in [2.45, 2.75) is 11.8 Å². The number of thioether (sulfide) groups is 1. The summed E-state index contributed by atoms with van der Waals surface area (Å²) < 4.78 is 36.0. The molecule has 1 aliphatic rings. The fourth-order valence-corrected chi connectivity index (χ4v) is 5.31. The number of amides is 2. The summed E-state index contributed by atoms with van der Waals surface area (Å²) in [5.74, 6) is -0.673. The molecule has 2 amide bonds. The summed E-state index contributed by atoms with van der Waals surface area (Å²) in [5, 5.41) is 11.2. The Bertz CT molecular complexity index is 1570. The number of carbonyl (C=O) groups is 2. The van der Waals surface area contributed by atoms with Gasteiger partial charge in [0.05, 0.1) is 22.6 Å². The number of halogens is 1. The van der Waals surface area contributed by atoms with Crippen LogP contribution in [0.15, 0.2) is 70.5 Å². The van der Waals surface area contributed by atoms with Crippen LogP contribution in [0.1, 0.15) is 11.1 Å². The predicted octanol–water partition coefficient (Wildman–Crippen LogP) is 5.57. The standard InChI is InChI=1S/C24H17ClN2O8S2/c1-14-3-9-18(13-19(14)27(30)31)37(32,33)35-20-10-4-15(11-21(20)34-2)12-22-23(28)26(24(29)36-22)17-7-5-16(25)6-8-17/h3-13H,1-2H3/b22-12+. The maximum Gasteiger partial charge on any atom is 0.339 e. The van der Waals surface area contributed by atoms with E-state index in [0.717, 1.165) is 22.7 Å². The molecular weight excluding hydrogens is 544 g/mol. The van der Waals surface area contributed by atoms with E-state index in [4.69, 9.17) is 20.5 Å². The van der Waals surface area contributed by atoms with Gasteiger partial charge in [0.25, 0.3) is 16.8 Å². The molecule has 13 heteroatoms. The lowest BCUT2D eigenvalue weighted by molar-refractivity contribution is -0.385. The molecule has 1 fully saturated rings. The third-order valence-corrected chi connectivity index (χ3v) is 7.58. The largest absolute Gasteiger partial charge is 0.493 e. The van der Waals surface area contributed by atoms with Gasteiger partial charge in [0, 0.05) is 16.7 Å². The van der Waals surface area contributed by atoms with E-state index in [9.17, 15) is 28.1 Å². The minimum absolute atomic E-state index is 0.0240. The van der Waals surface area contributed by atoms with Crippen LogP contribution in [0.25, 0.3) is 6.08 Å². The highest BCUT2D eigenvalue weighted by molar-refractivity contribution is 8.19. The van der Waals surface area contributed by atoms with Crippen LogP contribution in [0.4, 0.5) is 16.2 Å². The molecule has 10 nitrogen and oxygen atoms in total. The summed E-state index contributed by atoms with van der Waals surface area (Å²) in [6, 6.07) is 13.9. The average Bonchev–Trinajstić information content (AvgIpc) is 3.12. The lowest BCUT2D eigenvalue weighted by Gasteiger charge is -2.12. The van der Waals surface area contributed by atoms with E-state index in [1.807, 2.05) is 0 Å². The van der Waals surface area contributed by atoms with Crippen LogP contribution >= 0.6 is 23.4 Å². The molecule has 0 unspecified atom stereocenters. The van der Waals surface area contributed by atoms with Crippen LogP contribution in [0.2, 0.25) is 5.02 Å². The van der Waals surface area contributed by atoms with Crippen molar-refractivity contribution in [3.8, 4) is 11.5 Å². The lowest BCUT2D eigenvalue weighted by Crippen LogP contribution is -2.27. The van der Waals surface area contributed by atoms with Gasteiger partial charge in [-0.2, -0.15) is 8.42 Å². The van der Waals surface area contributed by atoms with Gasteiger partial charge in [-0.15, -0.1) is 0 Å². The van der Waals surface area contributed by atoms with Gasteiger partial charge < -0.3 is 8.92 Å². The van der Waals surface area contributed by atoms with Gasteiger partial charge in [0.2, 0.25) is 0 Å². The van der Waals surface area contributed by atoms with Crippen molar-refractivity contribution in [2.24, 2.45) is 0 Å². The number of hydrogen-bond acceptors (Lipinski definition) is 9. The first kappa shape index (κ1) is 26.2. The van der Waals surface area contributed by atoms with E-state index in [-0.39, 0.29) is 22.1 Å². The van der Waals surface area contributed by atoms with Crippen LogP contribution in [-0.2, 0) is 14.9 Å². The number of imide groups is 1. The minimum atomic E-state index is -4.43. The second-order valence-electron chi connectivity index (χ2n) is 7.65. The third-order valence-electron chi connectivity index (χ3n) is 5.23. The zero-order valence-corrected chi connectivity index (χ0v) is 21.6. The number of aryl methyl sites for hydroxylation is 1. The summed E-state index contributed by atoms with van der Waals surface area (Å²) in [6.45, 7) is 1.49.